The van der Waals surface area contributed by atoms with Gasteiger partial charge < -0.3 is 9.05 Å². The zero-order valence-electron chi connectivity index (χ0n) is 20.1. The molecule has 0 aliphatic carbocycles. The zero-order valence-corrected chi connectivity index (χ0v) is 21.9. The Kier molecular flexibility index (Phi) is 8.66. The van der Waals surface area contributed by atoms with E-state index in [4.69, 9.17) is 9.05 Å². The highest BCUT2D eigenvalue weighted by molar-refractivity contribution is 7.61. The van der Waals surface area contributed by atoms with Crippen molar-refractivity contribution in [2.24, 2.45) is 5.41 Å². The Balaban J connectivity index is 2.41. The van der Waals surface area contributed by atoms with Crippen molar-refractivity contribution >= 4 is 15.6 Å². The summed E-state index contributed by atoms with van der Waals surface area (Å²) in [7, 11) is -9.96. The van der Waals surface area contributed by atoms with Crippen molar-refractivity contribution < 1.29 is 32.3 Å². The molecule has 2 atom stereocenters. The summed E-state index contributed by atoms with van der Waals surface area (Å²) in [6.45, 7) is 16.1. The van der Waals surface area contributed by atoms with Crippen LogP contribution in [0.4, 0.5) is 0 Å². The normalized spacial score (nSPS) is 25.7. The van der Waals surface area contributed by atoms with Crippen LogP contribution in [-0.2, 0) is 18.9 Å². The van der Waals surface area contributed by atoms with Crippen molar-refractivity contribution in [2.45, 2.75) is 37.5 Å². The molecule has 0 saturated carbocycles. The highest BCUT2D eigenvalue weighted by Gasteiger charge is 2.51. The van der Waals surface area contributed by atoms with Crippen LogP contribution in [0.25, 0.3) is 0 Å². The van der Waals surface area contributed by atoms with Gasteiger partial charge in [-0.2, -0.15) is 4.31 Å². The van der Waals surface area contributed by atoms with E-state index in [-0.39, 0.29) is 11.5 Å². The molecule has 192 valence electrons. The fourth-order valence-corrected chi connectivity index (χ4v) is 7.37. The first kappa shape index (κ1) is 27.9. The topological polar surface area (TPSA) is 102 Å². The molecule has 6 rings (SSSR count). The van der Waals surface area contributed by atoms with Gasteiger partial charge in [0.25, 0.3) is 0 Å². The molecule has 2 unspecified atom stereocenters. The minimum atomic E-state index is -4.98. The lowest BCUT2D eigenvalue weighted by molar-refractivity contribution is 0.145. The second-order valence-electron chi connectivity index (χ2n) is 8.74. The second kappa shape index (κ2) is 11.2. The predicted molar refractivity (Wildman–Crippen MR) is 142 cm³/mol. The first-order chi connectivity index (χ1) is 17.1. The molecule has 2 aromatic rings. The fourth-order valence-electron chi connectivity index (χ4n) is 5.28. The highest BCUT2D eigenvalue weighted by Crippen LogP contribution is 2.61. The highest BCUT2D eigenvalue weighted by atomic mass is 31.3. The SMILES string of the molecule is C=CCCC1(C(CC=C)(CC=C)CC=C)c2ccc(cc2)OP(=O)(O)OP(=O)(O)Oc2ccc1cc2. The van der Waals surface area contributed by atoms with Crippen LogP contribution in [0.2, 0.25) is 0 Å². The molecule has 0 saturated heterocycles. The van der Waals surface area contributed by atoms with Gasteiger partial charge in [0.15, 0.2) is 0 Å². The minimum Gasteiger partial charge on any atom is -0.404 e. The van der Waals surface area contributed by atoms with E-state index in [9.17, 15) is 18.9 Å². The van der Waals surface area contributed by atoms with Crippen molar-refractivity contribution in [2.75, 3.05) is 0 Å². The molecule has 0 spiro atoms. The Labute approximate surface area is 212 Å². The van der Waals surface area contributed by atoms with E-state index in [0.717, 1.165) is 11.1 Å². The summed E-state index contributed by atoms with van der Waals surface area (Å²) in [5.41, 5.74) is 0.829. The van der Waals surface area contributed by atoms with Gasteiger partial charge in [-0.15, -0.1) is 26.3 Å². The molecule has 7 nitrogen and oxygen atoms in total. The Morgan fingerprint density at radius 1 is 0.722 bits per heavy atom. The van der Waals surface area contributed by atoms with Crippen LogP contribution in [0, 0.1) is 5.41 Å². The van der Waals surface area contributed by atoms with Gasteiger partial charge in [0.05, 0.1) is 0 Å². The number of phosphoric ester groups is 2. The fraction of sp³-hybridized carbons (Fsp3) is 0.259. The number of rotatable bonds is 10. The Morgan fingerprint density at radius 3 is 1.44 bits per heavy atom. The molecule has 36 heavy (non-hydrogen) atoms. The third kappa shape index (κ3) is 5.67. The number of allylic oxidation sites excluding steroid dienone is 4. The predicted octanol–water partition coefficient (Wildman–Crippen LogP) is 7.64. The summed E-state index contributed by atoms with van der Waals surface area (Å²) in [6, 6.07) is 13.5. The van der Waals surface area contributed by atoms with Gasteiger partial charge in [0.1, 0.15) is 11.5 Å². The maximum Gasteiger partial charge on any atom is 0.537 e. The lowest BCUT2D eigenvalue weighted by atomic mass is 9.51. The van der Waals surface area contributed by atoms with Gasteiger partial charge in [-0.05, 0) is 72.9 Å². The van der Waals surface area contributed by atoms with Gasteiger partial charge in [-0.3, -0.25) is 9.79 Å². The summed E-state index contributed by atoms with van der Waals surface area (Å²) in [4.78, 5) is 20.2. The molecule has 2 N–H and O–H groups in total. The lowest BCUT2D eigenvalue weighted by Crippen LogP contribution is -2.46. The van der Waals surface area contributed by atoms with E-state index in [0.29, 0.717) is 32.1 Å². The maximum absolute atomic E-state index is 12.4. The molecule has 4 bridgehead atoms. The van der Waals surface area contributed by atoms with Gasteiger partial charge in [-0.1, -0.05) is 48.6 Å². The molecule has 0 fully saturated rings. The summed E-state index contributed by atoms with van der Waals surface area (Å²) in [6.07, 6.45) is 10.8. The molecule has 4 aliphatic rings. The van der Waals surface area contributed by atoms with Crippen LogP contribution >= 0.6 is 15.6 Å². The van der Waals surface area contributed by atoms with E-state index in [2.05, 4.69) is 30.6 Å². The number of hydrogen-bond donors (Lipinski definition) is 2. The summed E-state index contributed by atoms with van der Waals surface area (Å²) in [5.74, 6) is -0.00940. The molecule has 2 aromatic carbocycles. The molecule has 0 radical (unpaired) electrons. The van der Waals surface area contributed by atoms with Gasteiger partial charge in [0, 0.05) is 5.41 Å². The van der Waals surface area contributed by atoms with Crippen LogP contribution in [0.1, 0.15) is 43.2 Å². The van der Waals surface area contributed by atoms with Crippen molar-refractivity contribution in [3.05, 3.63) is 110 Å². The number of hydrogen-bond acceptors (Lipinski definition) is 5. The molecular formula is C27H32O7P2. The van der Waals surface area contributed by atoms with E-state index in [1.165, 1.54) is 24.3 Å². The average molecular weight is 530 g/mol. The molecule has 4 aliphatic heterocycles. The monoisotopic (exact) mass is 530 g/mol. The summed E-state index contributed by atoms with van der Waals surface area (Å²) >= 11 is 0. The molecule has 4 heterocycles. The van der Waals surface area contributed by atoms with Crippen LogP contribution < -0.4 is 9.05 Å². The first-order valence-electron chi connectivity index (χ1n) is 11.5. The van der Waals surface area contributed by atoms with E-state index < -0.39 is 26.5 Å². The largest absolute Gasteiger partial charge is 0.537 e. The summed E-state index contributed by atoms with van der Waals surface area (Å²) in [5, 5.41) is 0. The maximum atomic E-state index is 12.4. The van der Waals surface area contributed by atoms with E-state index in [1.807, 2.05) is 48.6 Å². The van der Waals surface area contributed by atoms with Crippen LogP contribution in [-0.4, -0.2) is 9.79 Å². The standard InChI is InChI=1S/C27H32O7P2/c1-5-9-21-27(26(18-6-2,19-7-3)20-8-4)22-10-14-24(15-11-22)32-35(28,29)34-36(30,31)33-25-16-12-23(27)13-17-25/h5-8,10-17H,1-4,9,18-21H2,(H,28,29)(H,30,31). The number of phosphoric acid groups is 2. The van der Waals surface area contributed by atoms with Crippen molar-refractivity contribution in [3.63, 3.8) is 0 Å². The Hall–Kier alpha value is -2.66. The number of benzene rings is 2. The molecular weight excluding hydrogens is 498 g/mol. The van der Waals surface area contributed by atoms with Crippen molar-refractivity contribution in [3.8, 4) is 11.5 Å². The minimum absolute atomic E-state index is 0.00470. The van der Waals surface area contributed by atoms with Gasteiger partial charge in [-0.25, -0.2) is 9.13 Å². The third-order valence-electron chi connectivity index (χ3n) is 6.58. The summed E-state index contributed by atoms with van der Waals surface area (Å²) < 4.78 is 39.4. The zero-order chi connectivity index (χ0) is 26.5. The van der Waals surface area contributed by atoms with Crippen LogP contribution in [0.5, 0.6) is 11.5 Å². The van der Waals surface area contributed by atoms with Gasteiger partial charge in [0.2, 0.25) is 0 Å². The Bertz CT molecular complexity index is 1110. The Morgan fingerprint density at radius 2 is 1.11 bits per heavy atom. The average Bonchev–Trinajstić information content (AvgIpc) is 2.80. The smallest absolute Gasteiger partial charge is 0.404 e. The van der Waals surface area contributed by atoms with Crippen molar-refractivity contribution in [1.82, 2.24) is 0 Å². The lowest BCUT2D eigenvalue weighted by Gasteiger charge is -2.52. The quantitative estimate of drug-likeness (QED) is 0.240. The van der Waals surface area contributed by atoms with E-state index in [1.54, 1.807) is 0 Å². The van der Waals surface area contributed by atoms with Crippen LogP contribution in [0.15, 0.2) is 99.2 Å². The molecule has 0 aromatic heterocycles. The van der Waals surface area contributed by atoms with E-state index >= 15 is 0 Å². The van der Waals surface area contributed by atoms with Crippen molar-refractivity contribution in [1.29, 1.82) is 0 Å². The second-order valence-corrected chi connectivity index (χ2v) is 11.6. The van der Waals surface area contributed by atoms with Crippen LogP contribution in [0.3, 0.4) is 0 Å². The first-order valence-corrected chi connectivity index (χ1v) is 14.5. The molecule has 0 amide bonds. The third-order valence-corrected chi connectivity index (χ3v) is 9.11. The van der Waals surface area contributed by atoms with Gasteiger partial charge >= 0.3 is 15.6 Å². The molecule has 9 heteroatoms.